The molecule has 0 saturated carbocycles. The highest BCUT2D eigenvalue weighted by atomic mass is 16.7. The molecular weight excluding hydrogens is 277 g/mol. The summed E-state index contributed by atoms with van der Waals surface area (Å²) in [6.45, 7) is 11.6. The first-order valence-electron chi connectivity index (χ1n) is 7.84. The standard InChI is InChI=1S/C17H26BNO3/c1-7-17(19-13(2)20,14-11-9-8-10-12-14)18-21-15(3,4)16(5,6)22-18/h8-12H,7H2,1-6H3,(H,19,20). The molecule has 1 aromatic carbocycles. The smallest absolute Gasteiger partial charge is 0.401 e. The molecule has 5 heteroatoms. The molecule has 0 spiro atoms. The van der Waals surface area contributed by atoms with E-state index in [1.807, 2.05) is 65.0 Å². The lowest BCUT2D eigenvalue weighted by atomic mass is 9.58. The molecule has 1 saturated heterocycles. The second-order valence-electron chi connectivity index (χ2n) is 6.96. The predicted molar refractivity (Wildman–Crippen MR) is 88.3 cm³/mol. The maximum Gasteiger partial charge on any atom is 0.490 e. The van der Waals surface area contributed by atoms with Crippen LogP contribution in [0.15, 0.2) is 30.3 Å². The third kappa shape index (κ3) is 2.80. The fraction of sp³-hybridized carbons (Fsp3) is 0.588. The molecule has 1 aliphatic heterocycles. The molecule has 1 amide bonds. The first-order chi connectivity index (χ1) is 10.1. The lowest BCUT2D eigenvalue weighted by molar-refractivity contribution is -0.120. The van der Waals surface area contributed by atoms with E-state index in [2.05, 4.69) is 5.32 Å². The van der Waals surface area contributed by atoms with Crippen molar-refractivity contribution < 1.29 is 14.1 Å². The maximum absolute atomic E-state index is 11.8. The second kappa shape index (κ2) is 5.71. The molecular formula is C17H26BNO3. The summed E-state index contributed by atoms with van der Waals surface area (Å²) in [6, 6.07) is 9.90. The highest BCUT2D eigenvalue weighted by Gasteiger charge is 2.60. The molecule has 0 aliphatic carbocycles. The molecule has 2 rings (SSSR count). The van der Waals surface area contributed by atoms with E-state index in [0.29, 0.717) is 6.42 Å². The van der Waals surface area contributed by atoms with Gasteiger partial charge in [0.05, 0.1) is 16.6 Å². The summed E-state index contributed by atoms with van der Waals surface area (Å²) in [5.74, 6) is -0.0968. The summed E-state index contributed by atoms with van der Waals surface area (Å²) >= 11 is 0. The first kappa shape index (κ1) is 17.0. The van der Waals surface area contributed by atoms with E-state index >= 15 is 0 Å². The van der Waals surface area contributed by atoms with Gasteiger partial charge >= 0.3 is 7.12 Å². The fourth-order valence-electron chi connectivity index (χ4n) is 2.82. The van der Waals surface area contributed by atoms with Crippen LogP contribution in [0.1, 0.15) is 53.5 Å². The van der Waals surface area contributed by atoms with Gasteiger partial charge in [-0.2, -0.15) is 0 Å². The van der Waals surface area contributed by atoms with Crippen LogP contribution in [0.4, 0.5) is 0 Å². The topological polar surface area (TPSA) is 47.6 Å². The van der Waals surface area contributed by atoms with E-state index in [9.17, 15) is 4.79 Å². The van der Waals surface area contributed by atoms with Gasteiger partial charge in [-0.3, -0.25) is 4.79 Å². The Labute approximate surface area is 133 Å². The number of amides is 1. The summed E-state index contributed by atoms with van der Waals surface area (Å²) in [5.41, 5.74) is -0.583. The van der Waals surface area contributed by atoms with Crippen LogP contribution in [0.2, 0.25) is 0 Å². The Hall–Kier alpha value is -1.33. The van der Waals surface area contributed by atoms with Crippen LogP contribution in [0.5, 0.6) is 0 Å². The molecule has 120 valence electrons. The van der Waals surface area contributed by atoms with Crippen molar-refractivity contribution in [2.45, 2.75) is 64.6 Å². The van der Waals surface area contributed by atoms with Gasteiger partial charge in [-0.25, -0.2) is 0 Å². The Morgan fingerprint density at radius 1 is 1.14 bits per heavy atom. The molecule has 22 heavy (non-hydrogen) atoms. The molecule has 0 aromatic heterocycles. The first-order valence-corrected chi connectivity index (χ1v) is 7.84. The molecule has 1 unspecified atom stereocenters. The van der Waals surface area contributed by atoms with Crippen LogP contribution in [0.25, 0.3) is 0 Å². The number of benzene rings is 1. The van der Waals surface area contributed by atoms with E-state index in [4.69, 9.17) is 9.31 Å². The van der Waals surface area contributed by atoms with Gasteiger partial charge in [0.25, 0.3) is 0 Å². The fourth-order valence-corrected chi connectivity index (χ4v) is 2.82. The summed E-state index contributed by atoms with van der Waals surface area (Å²) in [4.78, 5) is 11.8. The van der Waals surface area contributed by atoms with Gasteiger partial charge in [0, 0.05) is 6.92 Å². The number of nitrogens with one attached hydrogen (secondary N) is 1. The molecule has 0 bridgehead atoms. The summed E-state index contributed by atoms with van der Waals surface area (Å²) < 4.78 is 12.5. The van der Waals surface area contributed by atoms with Crippen molar-refractivity contribution in [1.29, 1.82) is 0 Å². The minimum Gasteiger partial charge on any atom is -0.401 e. The number of hydrogen-bond donors (Lipinski definition) is 1. The normalized spacial score (nSPS) is 22.2. The average Bonchev–Trinajstić information content (AvgIpc) is 2.66. The van der Waals surface area contributed by atoms with Gasteiger partial charge in [0.2, 0.25) is 5.91 Å². The minimum absolute atomic E-state index is 0.0968. The summed E-state index contributed by atoms with van der Waals surface area (Å²) in [6.07, 6.45) is 0.674. The number of carbonyl (C=O) groups is 1. The highest BCUT2D eigenvalue weighted by molar-refractivity contribution is 6.50. The van der Waals surface area contributed by atoms with Crippen molar-refractivity contribution in [3.8, 4) is 0 Å². The van der Waals surface area contributed by atoms with Crippen molar-refractivity contribution in [1.82, 2.24) is 5.32 Å². The molecule has 0 radical (unpaired) electrons. The van der Waals surface area contributed by atoms with Crippen molar-refractivity contribution in [3.63, 3.8) is 0 Å². The third-order valence-corrected chi connectivity index (χ3v) is 4.90. The van der Waals surface area contributed by atoms with Crippen LogP contribution in [-0.4, -0.2) is 24.2 Å². The monoisotopic (exact) mass is 303 g/mol. The second-order valence-corrected chi connectivity index (χ2v) is 6.96. The SMILES string of the molecule is CCC(NC(C)=O)(B1OC(C)(C)C(C)(C)O1)c1ccccc1. The van der Waals surface area contributed by atoms with Crippen molar-refractivity contribution in [2.75, 3.05) is 0 Å². The Kier molecular flexibility index (Phi) is 4.42. The zero-order chi connectivity index (χ0) is 16.6. The van der Waals surface area contributed by atoms with Gasteiger partial charge in [-0.05, 0) is 39.7 Å². The Bertz CT molecular complexity index is 528. The zero-order valence-corrected chi connectivity index (χ0v) is 14.4. The molecule has 1 aromatic rings. The highest BCUT2D eigenvalue weighted by Crippen LogP contribution is 2.43. The van der Waals surface area contributed by atoms with Gasteiger partial charge in [-0.1, -0.05) is 37.3 Å². The molecule has 1 heterocycles. The van der Waals surface area contributed by atoms with Crippen molar-refractivity contribution in [3.05, 3.63) is 35.9 Å². The van der Waals surface area contributed by atoms with Gasteiger partial charge in [0.15, 0.2) is 0 Å². The molecule has 1 aliphatic rings. The number of carbonyl (C=O) groups excluding carboxylic acids is 1. The number of rotatable bonds is 4. The van der Waals surface area contributed by atoms with Crippen LogP contribution in [-0.2, 0) is 19.5 Å². The quantitative estimate of drug-likeness (QED) is 0.870. The average molecular weight is 303 g/mol. The van der Waals surface area contributed by atoms with Gasteiger partial charge < -0.3 is 14.6 Å². The summed E-state index contributed by atoms with van der Waals surface area (Å²) in [7, 11) is -0.534. The molecule has 1 N–H and O–H groups in total. The van der Waals surface area contributed by atoms with Crippen LogP contribution < -0.4 is 5.32 Å². The van der Waals surface area contributed by atoms with Crippen LogP contribution in [0.3, 0.4) is 0 Å². The van der Waals surface area contributed by atoms with Gasteiger partial charge in [-0.15, -0.1) is 0 Å². The van der Waals surface area contributed by atoms with Gasteiger partial charge in [0.1, 0.15) is 0 Å². The van der Waals surface area contributed by atoms with Crippen LogP contribution >= 0.6 is 0 Å². The summed E-state index contributed by atoms with van der Waals surface area (Å²) in [5, 5.41) is 3.09. The van der Waals surface area contributed by atoms with E-state index in [1.165, 1.54) is 6.92 Å². The third-order valence-electron chi connectivity index (χ3n) is 4.90. The predicted octanol–water partition coefficient (Wildman–Crippen LogP) is 3.06. The maximum atomic E-state index is 11.8. The van der Waals surface area contributed by atoms with E-state index in [-0.39, 0.29) is 5.91 Å². The van der Waals surface area contributed by atoms with Crippen molar-refractivity contribution >= 4 is 13.0 Å². The Morgan fingerprint density at radius 3 is 2.05 bits per heavy atom. The molecule has 1 fully saturated rings. The minimum atomic E-state index is -0.696. The van der Waals surface area contributed by atoms with Crippen molar-refractivity contribution in [2.24, 2.45) is 0 Å². The van der Waals surface area contributed by atoms with E-state index in [1.54, 1.807) is 0 Å². The lowest BCUT2D eigenvalue weighted by Gasteiger charge is -2.35. The van der Waals surface area contributed by atoms with E-state index < -0.39 is 23.8 Å². The molecule has 4 nitrogen and oxygen atoms in total. The zero-order valence-electron chi connectivity index (χ0n) is 14.4. The van der Waals surface area contributed by atoms with Crippen LogP contribution in [0, 0.1) is 0 Å². The number of hydrogen-bond acceptors (Lipinski definition) is 3. The van der Waals surface area contributed by atoms with E-state index in [0.717, 1.165) is 5.56 Å². The molecule has 1 atom stereocenters. The Balaban J connectivity index is 2.48. The lowest BCUT2D eigenvalue weighted by Crippen LogP contribution is -2.57. The largest absolute Gasteiger partial charge is 0.490 e. The Morgan fingerprint density at radius 2 is 1.64 bits per heavy atom.